The van der Waals surface area contributed by atoms with Crippen LogP contribution >= 0.6 is 35.3 Å². The van der Waals surface area contributed by atoms with E-state index in [1.54, 1.807) is 35.2 Å². The third kappa shape index (κ3) is 6.62. The zero-order chi connectivity index (χ0) is 22.2. The van der Waals surface area contributed by atoms with Gasteiger partial charge in [-0.15, -0.1) is 11.3 Å². The third-order valence-electron chi connectivity index (χ3n) is 5.86. The van der Waals surface area contributed by atoms with Crippen LogP contribution in [0.1, 0.15) is 70.1 Å². The van der Waals surface area contributed by atoms with E-state index in [1.807, 2.05) is 4.90 Å². The van der Waals surface area contributed by atoms with Crippen LogP contribution in [0.2, 0.25) is 0 Å². The van der Waals surface area contributed by atoms with E-state index in [4.69, 9.17) is 12.2 Å². The summed E-state index contributed by atoms with van der Waals surface area (Å²) in [7, 11) is 0. The molecule has 1 amide bonds. The van der Waals surface area contributed by atoms with Gasteiger partial charge in [0.1, 0.15) is 10.1 Å². The molecule has 2 aromatic rings. The molecule has 0 bridgehead atoms. The number of rotatable bonds is 12. The van der Waals surface area contributed by atoms with Crippen molar-refractivity contribution in [3.63, 3.8) is 0 Å². The molecule has 168 valence electrons. The fourth-order valence-corrected chi connectivity index (χ4v) is 6.87. The lowest BCUT2D eigenvalue weighted by Gasteiger charge is -2.26. The molecule has 0 spiro atoms. The molecule has 0 saturated carbocycles. The number of amides is 1. The number of carbonyl (C=O) groups excluding carboxylic acids is 1. The summed E-state index contributed by atoms with van der Waals surface area (Å²) in [6.07, 6.45) is 10.3. The molecule has 0 aliphatic carbocycles. The van der Waals surface area contributed by atoms with E-state index in [0.717, 1.165) is 34.0 Å². The standard InChI is InChI=1S/C25H32FNOS3/c1-3-5-6-7-8-9-10-20(4-2)27-24(28)23(31-25(27)29)17-21-15-16-22(30-21)18-11-13-19(26)14-12-18/h11-16,20,23H,3-10,17H2,1-2H3. The predicted molar refractivity (Wildman–Crippen MR) is 136 cm³/mol. The Morgan fingerprint density at radius 1 is 1.03 bits per heavy atom. The second-order valence-electron chi connectivity index (χ2n) is 8.18. The minimum absolute atomic E-state index is 0.133. The number of unbranched alkanes of at least 4 members (excludes halogenated alkanes) is 5. The molecule has 3 rings (SSSR count). The molecular formula is C25H32FNOS3. The fourth-order valence-electron chi connectivity index (χ4n) is 4.05. The van der Waals surface area contributed by atoms with E-state index >= 15 is 0 Å². The maximum absolute atomic E-state index is 13.2. The van der Waals surface area contributed by atoms with Gasteiger partial charge in [-0.1, -0.05) is 88.5 Å². The maximum atomic E-state index is 13.2. The van der Waals surface area contributed by atoms with Gasteiger partial charge in [-0.05, 0) is 42.7 Å². The quantitative estimate of drug-likeness (QED) is 0.229. The first kappa shape index (κ1) is 24.4. The van der Waals surface area contributed by atoms with Crippen LogP contribution < -0.4 is 0 Å². The van der Waals surface area contributed by atoms with E-state index in [9.17, 15) is 9.18 Å². The molecule has 1 fully saturated rings. The number of thioether (sulfide) groups is 1. The van der Waals surface area contributed by atoms with Gasteiger partial charge in [-0.3, -0.25) is 9.69 Å². The number of carbonyl (C=O) groups is 1. The van der Waals surface area contributed by atoms with Crippen molar-refractivity contribution in [1.29, 1.82) is 0 Å². The molecule has 6 heteroatoms. The van der Waals surface area contributed by atoms with E-state index in [2.05, 4.69) is 26.0 Å². The molecule has 2 heterocycles. The second-order valence-corrected chi connectivity index (χ2v) is 11.2. The Hall–Kier alpha value is -1.24. The normalized spacial score (nSPS) is 17.5. The SMILES string of the molecule is CCCCCCCCC(CC)N1C(=O)C(Cc2ccc(-c3ccc(F)cc3)s2)SC1=S. The second kappa shape index (κ2) is 12.1. The topological polar surface area (TPSA) is 20.3 Å². The lowest BCUT2D eigenvalue weighted by atomic mass is 10.0. The predicted octanol–water partition coefficient (Wildman–Crippen LogP) is 7.85. The Labute approximate surface area is 199 Å². The molecule has 2 nitrogen and oxygen atoms in total. The summed E-state index contributed by atoms with van der Waals surface area (Å²) in [4.78, 5) is 17.4. The van der Waals surface area contributed by atoms with Gasteiger partial charge in [0.05, 0.1) is 5.25 Å². The smallest absolute Gasteiger partial charge is 0.242 e. The molecule has 0 radical (unpaired) electrons. The molecular weight excluding hydrogens is 445 g/mol. The van der Waals surface area contributed by atoms with Crippen LogP contribution in [0, 0.1) is 5.82 Å². The monoisotopic (exact) mass is 477 g/mol. The zero-order valence-corrected chi connectivity index (χ0v) is 20.9. The molecule has 2 unspecified atom stereocenters. The van der Waals surface area contributed by atoms with Crippen molar-refractivity contribution in [1.82, 2.24) is 4.90 Å². The number of thiophene rings is 1. The van der Waals surface area contributed by atoms with Crippen LogP contribution in [0.4, 0.5) is 4.39 Å². The lowest BCUT2D eigenvalue weighted by Crippen LogP contribution is -2.40. The summed E-state index contributed by atoms with van der Waals surface area (Å²) in [5, 5.41) is -0.133. The number of thiocarbonyl (C=S) groups is 1. The summed E-state index contributed by atoms with van der Waals surface area (Å²) < 4.78 is 13.9. The Morgan fingerprint density at radius 3 is 2.45 bits per heavy atom. The first-order valence-corrected chi connectivity index (χ1v) is 13.5. The van der Waals surface area contributed by atoms with Gasteiger partial charge in [0.15, 0.2) is 0 Å². The molecule has 1 saturated heterocycles. The van der Waals surface area contributed by atoms with E-state index in [-0.39, 0.29) is 23.0 Å². The molecule has 0 N–H and O–H groups in total. The van der Waals surface area contributed by atoms with Gasteiger partial charge >= 0.3 is 0 Å². The Kier molecular flexibility index (Phi) is 9.54. The highest BCUT2D eigenvalue weighted by molar-refractivity contribution is 8.24. The number of hydrogen-bond acceptors (Lipinski definition) is 4. The van der Waals surface area contributed by atoms with E-state index < -0.39 is 0 Å². The maximum Gasteiger partial charge on any atom is 0.242 e. The third-order valence-corrected chi connectivity index (χ3v) is 8.55. The van der Waals surface area contributed by atoms with Crippen molar-refractivity contribution in [3.05, 3.63) is 47.1 Å². The number of halogens is 1. The minimum Gasteiger partial charge on any atom is -0.294 e. The molecule has 1 aliphatic rings. The van der Waals surface area contributed by atoms with Crippen LogP contribution in [0.3, 0.4) is 0 Å². The molecule has 31 heavy (non-hydrogen) atoms. The van der Waals surface area contributed by atoms with Crippen molar-refractivity contribution in [2.75, 3.05) is 0 Å². The van der Waals surface area contributed by atoms with Gasteiger partial charge < -0.3 is 0 Å². The highest BCUT2D eigenvalue weighted by Gasteiger charge is 2.40. The summed E-state index contributed by atoms with van der Waals surface area (Å²) in [5.41, 5.74) is 1.00. The first-order valence-electron chi connectivity index (χ1n) is 11.4. The Balaban J connectivity index is 1.56. The van der Waals surface area contributed by atoms with Crippen molar-refractivity contribution in [3.8, 4) is 10.4 Å². The molecule has 1 aromatic heterocycles. The number of benzene rings is 1. The molecule has 1 aliphatic heterocycles. The van der Waals surface area contributed by atoms with Crippen molar-refractivity contribution < 1.29 is 9.18 Å². The lowest BCUT2D eigenvalue weighted by molar-refractivity contribution is -0.127. The highest BCUT2D eigenvalue weighted by atomic mass is 32.2. The van der Waals surface area contributed by atoms with Crippen molar-refractivity contribution in [2.24, 2.45) is 0 Å². The fraction of sp³-hybridized carbons (Fsp3) is 0.520. The van der Waals surface area contributed by atoms with Crippen molar-refractivity contribution >= 4 is 45.5 Å². The van der Waals surface area contributed by atoms with Crippen LogP contribution in [0.15, 0.2) is 36.4 Å². The molecule has 1 aromatic carbocycles. The van der Waals surface area contributed by atoms with Gasteiger partial charge in [-0.2, -0.15) is 0 Å². The summed E-state index contributed by atoms with van der Waals surface area (Å²) in [6, 6.07) is 10.9. The van der Waals surface area contributed by atoms with Gasteiger partial charge in [0.25, 0.3) is 0 Å². The largest absolute Gasteiger partial charge is 0.294 e. The number of nitrogens with zero attached hydrogens (tertiary/aromatic N) is 1. The average Bonchev–Trinajstić information content (AvgIpc) is 3.33. The Bertz CT molecular complexity index is 864. The Morgan fingerprint density at radius 2 is 1.74 bits per heavy atom. The van der Waals surface area contributed by atoms with E-state index in [1.165, 1.54) is 49.1 Å². The van der Waals surface area contributed by atoms with Crippen LogP contribution in [-0.2, 0) is 11.2 Å². The zero-order valence-electron chi connectivity index (χ0n) is 18.4. The van der Waals surface area contributed by atoms with Crippen LogP contribution in [0.5, 0.6) is 0 Å². The summed E-state index contributed by atoms with van der Waals surface area (Å²) >= 11 is 8.83. The van der Waals surface area contributed by atoms with E-state index in [0.29, 0.717) is 6.42 Å². The highest BCUT2D eigenvalue weighted by Crippen LogP contribution is 2.36. The van der Waals surface area contributed by atoms with Gasteiger partial charge in [0.2, 0.25) is 5.91 Å². The first-order chi connectivity index (χ1) is 15.0. The average molecular weight is 478 g/mol. The van der Waals surface area contributed by atoms with Gasteiger partial charge in [-0.25, -0.2) is 4.39 Å². The minimum atomic E-state index is -0.228. The number of hydrogen-bond donors (Lipinski definition) is 0. The molecule has 2 atom stereocenters. The summed E-state index contributed by atoms with van der Waals surface area (Å²) in [6.45, 7) is 4.39. The van der Waals surface area contributed by atoms with Crippen molar-refractivity contribution in [2.45, 2.75) is 82.9 Å². The van der Waals surface area contributed by atoms with Crippen LogP contribution in [-0.4, -0.2) is 26.4 Å². The summed E-state index contributed by atoms with van der Waals surface area (Å²) in [5.74, 6) is -0.0573. The van der Waals surface area contributed by atoms with Gasteiger partial charge in [0, 0.05) is 22.2 Å². The van der Waals surface area contributed by atoms with Crippen LogP contribution in [0.25, 0.3) is 10.4 Å².